The second-order valence-electron chi connectivity index (χ2n) is 7.25. The molecule has 156 valence electrons. The van der Waals surface area contributed by atoms with Gasteiger partial charge in [0.1, 0.15) is 12.4 Å². The lowest BCUT2D eigenvalue weighted by Crippen LogP contribution is -2.42. The van der Waals surface area contributed by atoms with Gasteiger partial charge in [0, 0.05) is 25.8 Å². The highest BCUT2D eigenvalue weighted by Crippen LogP contribution is 2.14. The van der Waals surface area contributed by atoms with Gasteiger partial charge in [-0.15, -0.1) is 0 Å². The lowest BCUT2D eigenvalue weighted by atomic mass is 10.1. The Morgan fingerprint density at radius 2 is 1.80 bits per heavy atom. The van der Waals surface area contributed by atoms with Crippen LogP contribution >= 0.6 is 0 Å². The number of aliphatic imine (C=N–C) groups is 1. The summed E-state index contributed by atoms with van der Waals surface area (Å²) >= 11 is 0. The van der Waals surface area contributed by atoms with Crippen LogP contribution in [-0.4, -0.2) is 24.0 Å². The molecule has 30 heavy (non-hydrogen) atoms. The molecular formula is C25H30N4O. The average molecular weight is 403 g/mol. The Hall–Kier alpha value is -3.34. The first-order valence-corrected chi connectivity index (χ1v) is 10.4. The normalized spacial score (nSPS) is 12.3. The molecule has 5 nitrogen and oxygen atoms in total. The van der Waals surface area contributed by atoms with E-state index < -0.39 is 0 Å². The van der Waals surface area contributed by atoms with Crippen molar-refractivity contribution in [1.29, 1.82) is 0 Å². The molecule has 1 aromatic heterocycles. The Labute approximate surface area is 179 Å². The summed E-state index contributed by atoms with van der Waals surface area (Å²) < 4.78 is 5.87. The van der Waals surface area contributed by atoms with Gasteiger partial charge >= 0.3 is 0 Å². The third kappa shape index (κ3) is 7.24. The molecular weight excluding hydrogens is 372 g/mol. The van der Waals surface area contributed by atoms with Crippen LogP contribution in [0, 0.1) is 0 Å². The number of rotatable bonds is 9. The summed E-state index contributed by atoms with van der Waals surface area (Å²) in [7, 11) is 1.80. The van der Waals surface area contributed by atoms with Gasteiger partial charge in [-0.2, -0.15) is 0 Å². The van der Waals surface area contributed by atoms with Crippen LogP contribution in [0.15, 0.2) is 84.0 Å². The topological polar surface area (TPSA) is 58.5 Å². The van der Waals surface area contributed by atoms with E-state index in [9.17, 15) is 0 Å². The number of benzene rings is 2. The summed E-state index contributed by atoms with van der Waals surface area (Å²) in [6.07, 6.45) is 3.86. The minimum Gasteiger partial charge on any atom is -0.487 e. The van der Waals surface area contributed by atoms with Crippen molar-refractivity contribution in [2.45, 2.75) is 39.0 Å². The van der Waals surface area contributed by atoms with Crippen molar-refractivity contribution >= 4 is 5.96 Å². The fraction of sp³-hybridized carbons (Fsp3) is 0.280. The van der Waals surface area contributed by atoms with E-state index >= 15 is 0 Å². The zero-order valence-electron chi connectivity index (χ0n) is 17.7. The minimum absolute atomic E-state index is 0.324. The van der Waals surface area contributed by atoms with E-state index in [0.29, 0.717) is 19.2 Å². The van der Waals surface area contributed by atoms with E-state index in [1.165, 1.54) is 5.56 Å². The van der Waals surface area contributed by atoms with Crippen LogP contribution < -0.4 is 15.4 Å². The zero-order valence-corrected chi connectivity index (χ0v) is 17.7. The van der Waals surface area contributed by atoms with Gasteiger partial charge in [-0.1, -0.05) is 48.5 Å². The Morgan fingerprint density at radius 3 is 2.57 bits per heavy atom. The number of hydrogen-bond acceptors (Lipinski definition) is 3. The standard InChI is InChI=1S/C25H30N4O/c1-20(14-15-21-9-4-3-5-10-21)29-25(26-2)28-18-22-11-8-13-24(17-22)30-19-23-12-6-7-16-27-23/h3-13,16-17,20H,14-15,18-19H2,1-2H3,(H2,26,28,29). The molecule has 0 fully saturated rings. The Morgan fingerprint density at radius 1 is 1.00 bits per heavy atom. The maximum atomic E-state index is 5.87. The van der Waals surface area contributed by atoms with Gasteiger partial charge in [-0.25, -0.2) is 0 Å². The Bertz CT molecular complexity index is 913. The van der Waals surface area contributed by atoms with Gasteiger partial charge in [0.05, 0.1) is 5.69 Å². The average Bonchev–Trinajstić information content (AvgIpc) is 2.80. The second-order valence-corrected chi connectivity index (χ2v) is 7.25. The van der Waals surface area contributed by atoms with Crippen LogP contribution in [0.1, 0.15) is 30.2 Å². The number of hydrogen-bond donors (Lipinski definition) is 2. The number of nitrogens with one attached hydrogen (secondary N) is 2. The lowest BCUT2D eigenvalue weighted by molar-refractivity contribution is 0.301. The highest BCUT2D eigenvalue weighted by atomic mass is 16.5. The fourth-order valence-electron chi connectivity index (χ4n) is 3.10. The largest absolute Gasteiger partial charge is 0.487 e. The Balaban J connectivity index is 1.45. The van der Waals surface area contributed by atoms with Gasteiger partial charge in [-0.3, -0.25) is 9.98 Å². The highest BCUT2D eigenvalue weighted by Gasteiger charge is 2.06. The van der Waals surface area contributed by atoms with Crippen LogP contribution in [-0.2, 0) is 19.6 Å². The number of nitrogens with zero attached hydrogens (tertiary/aromatic N) is 2. The van der Waals surface area contributed by atoms with E-state index in [4.69, 9.17) is 4.74 Å². The van der Waals surface area contributed by atoms with E-state index in [2.05, 4.69) is 63.9 Å². The maximum absolute atomic E-state index is 5.87. The first-order chi connectivity index (χ1) is 14.7. The van der Waals surface area contributed by atoms with Gasteiger partial charge < -0.3 is 15.4 Å². The van der Waals surface area contributed by atoms with Crippen molar-refractivity contribution in [1.82, 2.24) is 15.6 Å². The molecule has 0 amide bonds. The maximum Gasteiger partial charge on any atom is 0.191 e. The molecule has 3 aromatic rings. The predicted molar refractivity (Wildman–Crippen MR) is 123 cm³/mol. The summed E-state index contributed by atoms with van der Waals surface area (Å²) in [5.41, 5.74) is 3.40. The zero-order chi connectivity index (χ0) is 21.0. The molecule has 1 atom stereocenters. The molecule has 0 aliphatic rings. The van der Waals surface area contributed by atoms with Crippen molar-refractivity contribution < 1.29 is 4.74 Å². The molecule has 0 saturated heterocycles. The molecule has 5 heteroatoms. The smallest absolute Gasteiger partial charge is 0.191 e. The molecule has 2 aromatic carbocycles. The molecule has 0 bridgehead atoms. The van der Waals surface area contributed by atoms with Crippen molar-refractivity contribution in [3.05, 3.63) is 95.8 Å². The van der Waals surface area contributed by atoms with E-state index in [1.54, 1.807) is 13.2 Å². The van der Waals surface area contributed by atoms with Crippen LogP contribution in [0.4, 0.5) is 0 Å². The van der Waals surface area contributed by atoms with E-state index in [1.807, 2.05) is 36.4 Å². The summed E-state index contributed by atoms with van der Waals surface area (Å²) in [6, 6.07) is 24.8. The number of aryl methyl sites for hydroxylation is 1. The molecule has 1 unspecified atom stereocenters. The monoisotopic (exact) mass is 402 g/mol. The van der Waals surface area contributed by atoms with E-state index in [-0.39, 0.29) is 0 Å². The summed E-state index contributed by atoms with van der Waals surface area (Å²) in [6.45, 7) is 3.31. The number of guanidine groups is 1. The summed E-state index contributed by atoms with van der Waals surface area (Å²) in [5, 5.41) is 6.85. The van der Waals surface area contributed by atoms with Gasteiger partial charge in [0.25, 0.3) is 0 Å². The van der Waals surface area contributed by atoms with Crippen molar-refractivity contribution in [2.75, 3.05) is 7.05 Å². The quantitative estimate of drug-likeness (QED) is 0.413. The predicted octanol–water partition coefficient (Wildman–Crippen LogP) is 4.35. The summed E-state index contributed by atoms with van der Waals surface area (Å²) in [5.74, 6) is 1.63. The van der Waals surface area contributed by atoms with Crippen molar-refractivity contribution in [3.8, 4) is 5.75 Å². The fourth-order valence-corrected chi connectivity index (χ4v) is 3.10. The number of pyridine rings is 1. The second kappa shape index (κ2) is 11.6. The molecule has 0 saturated carbocycles. The number of aromatic nitrogens is 1. The Kier molecular flexibility index (Phi) is 8.27. The molecule has 0 spiro atoms. The van der Waals surface area contributed by atoms with E-state index in [0.717, 1.165) is 35.8 Å². The molecule has 0 radical (unpaired) electrons. The molecule has 3 rings (SSSR count). The first kappa shape index (κ1) is 21.4. The van der Waals surface area contributed by atoms with Crippen LogP contribution in [0.3, 0.4) is 0 Å². The highest BCUT2D eigenvalue weighted by molar-refractivity contribution is 5.79. The third-order valence-electron chi connectivity index (χ3n) is 4.79. The first-order valence-electron chi connectivity index (χ1n) is 10.4. The molecule has 2 N–H and O–H groups in total. The van der Waals surface area contributed by atoms with Crippen LogP contribution in [0.2, 0.25) is 0 Å². The third-order valence-corrected chi connectivity index (χ3v) is 4.79. The van der Waals surface area contributed by atoms with Crippen molar-refractivity contribution in [2.24, 2.45) is 4.99 Å². The van der Waals surface area contributed by atoms with Crippen LogP contribution in [0.25, 0.3) is 0 Å². The van der Waals surface area contributed by atoms with Crippen molar-refractivity contribution in [3.63, 3.8) is 0 Å². The lowest BCUT2D eigenvalue weighted by Gasteiger charge is -2.18. The molecule has 0 aliphatic carbocycles. The molecule has 0 aliphatic heterocycles. The summed E-state index contributed by atoms with van der Waals surface area (Å²) in [4.78, 5) is 8.64. The van der Waals surface area contributed by atoms with Crippen LogP contribution in [0.5, 0.6) is 5.75 Å². The van der Waals surface area contributed by atoms with Gasteiger partial charge in [0.15, 0.2) is 5.96 Å². The van der Waals surface area contributed by atoms with Gasteiger partial charge in [0.2, 0.25) is 0 Å². The SMILES string of the molecule is CN=C(NCc1cccc(OCc2ccccn2)c1)NC(C)CCc1ccccc1. The minimum atomic E-state index is 0.324. The number of ether oxygens (including phenoxy) is 1. The molecule has 1 heterocycles. The van der Waals surface area contributed by atoms with Gasteiger partial charge in [-0.05, 0) is 55.2 Å².